The molecule has 34 heavy (non-hydrogen) atoms. The Balaban J connectivity index is 2.06. The van der Waals surface area contributed by atoms with Gasteiger partial charge >= 0.3 is 0 Å². The van der Waals surface area contributed by atoms with Gasteiger partial charge in [0.05, 0.1) is 26.4 Å². The Morgan fingerprint density at radius 1 is 0.500 bits per heavy atom. The first-order chi connectivity index (χ1) is 16.5. The van der Waals surface area contributed by atoms with Crippen molar-refractivity contribution in [3.8, 4) is 23.0 Å². The minimum atomic E-state index is 0.525. The molecule has 0 heterocycles. The topological polar surface area (TPSA) is 36.9 Å². The van der Waals surface area contributed by atoms with Crippen molar-refractivity contribution in [2.75, 3.05) is 26.4 Å². The normalized spacial score (nSPS) is 12.8. The van der Waals surface area contributed by atoms with E-state index in [-0.39, 0.29) is 0 Å². The summed E-state index contributed by atoms with van der Waals surface area (Å²) in [5.41, 5.74) is 2.59. The second-order valence-corrected chi connectivity index (χ2v) is 9.32. The van der Waals surface area contributed by atoms with Gasteiger partial charge in [0.1, 0.15) is 0 Å². The standard InChI is InChI=1S/C30H46O4/c1-7-15-31-27-13-11-25(21-29(27)33-17-9-3)19-23(5)24(6)20-26-12-14-28(32-16-8-2)30(22-26)34-18-10-4/h11-14,21-24H,7-10,15-20H2,1-6H3. The van der Waals surface area contributed by atoms with E-state index in [2.05, 4.69) is 77.9 Å². The summed E-state index contributed by atoms with van der Waals surface area (Å²) >= 11 is 0. The van der Waals surface area contributed by atoms with E-state index in [1.807, 2.05) is 0 Å². The van der Waals surface area contributed by atoms with Crippen molar-refractivity contribution in [2.24, 2.45) is 11.8 Å². The van der Waals surface area contributed by atoms with E-state index in [1.165, 1.54) is 11.1 Å². The van der Waals surface area contributed by atoms with E-state index in [1.54, 1.807) is 0 Å². The van der Waals surface area contributed by atoms with Gasteiger partial charge in [0, 0.05) is 0 Å². The second-order valence-electron chi connectivity index (χ2n) is 9.32. The molecule has 0 aliphatic rings. The third kappa shape index (κ3) is 9.12. The molecule has 4 nitrogen and oxygen atoms in total. The molecule has 0 bridgehead atoms. The Morgan fingerprint density at radius 3 is 1.15 bits per heavy atom. The van der Waals surface area contributed by atoms with Gasteiger partial charge in [0.25, 0.3) is 0 Å². The molecule has 2 rings (SSSR count). The van der Waals surface area contributed by atoms with Crippen LogP contribution >= 0.6 is 0 Å². The SMILES string of the molecule is CCCOc1ccc(CC(C)C(C)Cc2ccc(OCCC)c(OCCC)c2)cc1OCCC. The molecule has 0 N–H and O–H groups in total. The highest BCUT2D eigenvalue weighted by atomic mass is 16.5. The summed E-state index contributed by atoms with van der Waals surface area (Å²) in [5.74, 6) is 4.49. The van der Waals surface area contributed by atoms with Crippen molar-refractivity contribution in [3.63, 3.8) is 0 Å². The van der Waals surface area contributed by atoms with Crippen LogP contribution < -0.4 is 18.9 Å². The lowest BCUT2D eigenvalue weighted by molar-refractivity contribution is 0.267. The van der Waals surface area contributed by atoms with E-state index in [0.717, 1.165) is 61.5 Å². The van der Waals surface area contributed by atoms with Crippen LogP contribution in [0.15, 0.2) is 36.4 Å². The third-order valence-corrected chi connectivity index (χ3v) is 5.95. The maximum Gasteiger partial charge on any atom is 0.161 e. The van der Waals surface area contributed by atoms with Crippen LogP contribution in [0.3, 0.4) is 0 Å². The van der Waals surface area contributed by atoms with Crippen LogP contribution in [0, 0.1) is 11.8 Å². The molecule has 0 saturated heterocycles. The van der Waals surface area contributed by atoms with E-state index < -0.39 is 0 Å². The van der Waals surface area contributed by atoms with Gasteiger partial charge in [-0.2, -0.15) is 0 Å². The van der Waals surface area contributed by atoms with E-state index in [4.69, 9.17) is 18.9 Å². The van der Waals surface area contributed by atoms with Crippen molar-refractivity contribution in [1.29, 1.82) is 0 Å². The van der Waals surface area contributed by atoms with E-state index >= 15 is 0 Å². The van der Waals surface area contributed by atoms with Gasteiger partial charge in [-0.3, -0.25) is 0 Å². The van der Waals surface area contributed by atoms with E-state index in [9.17, 15) is 0 Å². The van der Waals surface area contributed by atoms with Gasteiger partial charge in [-0.1, -0.05) is 53.7 Å². The van der Waals surface area contributed by atoms with Gasteiger partial charge in [-0.05, 0) is 85.8 Å². The minimum absolute atomic E-state index is 0.525. The molecule has 0 amide bonds. The van der Waals surface area contributed by atoms with Crippen LogP contribution in [-0.4, -0.2) is 26.4 Å². The number of hydrogen-bond donors (Lipinski definition) is 0. The summed E-state index contributed by atoms with van der Waals surface area (Å²) in [7, 11) is 0. The number of benzene rings is 2. The van der Waals surface area contributed by atoms with Crippen molar-refractivity contribution in [3.05, 3.63) is 47.5 Å². The maximum atomic E-state index is 6.00. The second kappa shape index (κ2) is 15.5. The zero-order valence-corrected chi connectivity index (χ0v) is 22.3. The lowest BCUT2D eigenvalue weighted by atomic mass is 9.85. The molecule has 2 aromatic carbocycles. The quantitative estimate of drug-likeness (QED) is 0.235. The molecule has 190 valence electrons. The highest BCUT2D eigenvalue weighted by Gasteiger charge is 2.17. The van der Waals surface area contributed by atoms with Crippen LogP contribution in [0.2, 0.25) is 0 Å². The number of ether oxygens (including phenoxy) is 4. The number of hydrogen-bond acceptors (Lipinski definition) is 4. The Kier molecular flexibility index (Phi) is 12.7. The lowest BCUT2D eigenvalue weighted by Gasteiger charge is -2.22. The summed E-state index contributed by atoms with van der Waals surface area (Å²) in [6.07, 6.45) is 5.96. The molecular weight excluding hydrogens is 424 g/mol. The molecule has 0 fully saturated rings. The molecular formula is C30H46O4. The Morgan fingerprint density at radius 2 is 0.824 bits per heavy atom. The van der Waals surface area contributed by atoms with E-state index in [0.29, 0.717) is 38.3 Å². The molecule has 4 heteroatoms. The first-order valence-corrected chi connectivity index (χ1v) is 13.3. The number of rotatable bonds is 17. The summed E-state index contributed by atoms with van der Waals surface area (Å²) in [6.45, 7) is 16.0. The first-order valence-electron chi connectivity index (χ1n) is 13.3. The summed E-state index contributed by atoms with van der Waals surface area (Å²) < 4.78 is 23.8. The predicted molar refractivity (Wildman–Crippen MR) is 142 cm³/mol. The zero-order valence-electron chi connectivity index (χ0n) is 22.3. The van der Waals surface area contributed by atoms with Crippen LogP contribution in [0.4, 0.5) is 0 Å². The average molecular weight is 471 g/mol. The monoisotopic (exact) mass is 470 g/mol. The fourth-order valence-electron chi connectivity index (χ4n) is 3.82. The smallest absolute Gasteiger partial charge is 0.161 e. The van der Waals surface area contributed by atoms with Gasteiger partial charge < -0.3 is 18.9 Å². The third-order valence-electron chi connectivity index (χ3n) is 5.95. The molecule has 0 radical (unpaired) electrons. The summed E-state index contributed by atoms with van der Waals surface area (Å²) in [4.78, 5) is 0. The zero-order chi connectivity index (χ0) is 24.8. The Bertz CT molecular complexity index is 763. The molecule has 0 spiro atoms. The predicted octanol–water partition coefficient (Wildman–Crippen LogP) is 7.90. The molecule has 0 aromatic heterocycles. The van der Waals surface area contributed by atoms with Gasteiger partial charge in [-0.25, -0.2) is 0 Å². The largest absolute Gasteiger partial charge is 0.490 e. The van der Waals surface area contributed by atoms with Crippen LogP contribution in [0.1, 0.15) is 78.4 Å². The highest BCUT2D eigenvalue weighted by molar-refractivity contribution is 5.44. The molecule has 0 aliphatic heterocycles. The van der Waals surface area contributed by atoms with Crippen molar-refractivity contribution < 1.29 is 18.9 Å². The van der Waals surface area contributed by atoms with Gasteiger partial charge in [-0.15, -0.1) is 0 Å². The maximum absolute atomic E-state index is 6.00. The Labute approximate surface area is 208 Å². The Hall–Kier alpha value is -2.36. The van der Waals surface area contributed by atoms with Crippen LogP contribution in [-0.2, 0) is 12.8 Å². The fraction of sp³-hybridized carbons (Fsp3) is 0.600. The first kappa shape index (κ1) is 27.9. The van der Waals surface area contributed by atoms with Crippen molar-refractivity contribution in [1.82, 2.24) is 0 Å². The lowest BCUT2D eigenvalue weighted by Crippen LogP contribution is -2.14. The van der Waals surface area contributed by atoms with Crippen molar-refractivity contribution in [2.45, 2.75) is 80.1 Å². The summed E-state index contributed by atoms with van der Waals surface area (Å²) in [5, 5.41) is 0. The highest BCUT2D eigenvalue weighted by Crippen LogP contribution is 2.33. The minimum Gasteiger partial charge on any atom is -0.490 e. The molecule has 2 unspecified atom stereocenters. The molecule has 0 saturated carbocycles. The molecule has 2 aromatic rings. The summed E-state index contributed by atoms with van der Waals surface area (Å²) in [6, 6.07) is 12.8. The van der Waals surface area contributed by atoms with Gasteiger partial charge in [0.15, 0.2) is 23.0 Å². The average Bonchev–Trinajstić information content (AvgIpc) is 2.84. The van der Waals surface area contributed by atoms with Crippen LogP contribution in [0.25, 0.3) is 0 Å². The molecule has 2 atom stereocenters. The molecule has 0 aliphatic carbocycles. The fourth-order valence-corrected chi connectivity index (χ4v) is 3.82. The van der Waals surface area contributed by atoms with Crippen LogP contribution in [0.5, 0.6) is 23.0 Å². The van der Waals surface area contributed by atoms with Gasteiger partial charge in [0.2, 0.25) is 0 Å². The van der Waals surface area contributed by atoms with Crippen molar-refractivity contribution >= 4 is 0 Å².